The summed E-state index contributed by atoms with van der Waals surface area (Å²) in [5.74, 6) is 2.95. The molecule has 1 aromatic heterocycles. The van der Waals surface area contributed by atoms with Gasteiger partial charge in [0.1, 0.15) is 0 Å². The third-order valence-electron chi connectivity index (χ3n) is 5.09. The van der Waals surface area contributed by atoms with Gasteiger partial charge < -0.3 is 24.2 Å². The van der Waals surface area contributed by atoms with Gasteiger partial charge in [-0.2, -0.15) is 4.98 Å². The van der Waals surface area contributed by atoms with Gasteiger partial charge in [0.15, 0.2) is 17.3 Å². The summed E-state index contributed by atoms with van der Waals surface area (Å²) in [4.78, 5) is 18.5. The van der Waals surface area contributed by atoms with Gasteiger partial charge in [0.05, 0.1) is 14.2 Å². The maximum Gasteiger partial charge on any atom is 0.321 e. The summed E-state index contributed by atoms with van der Waals surface area (Å²) in [5.41, 5.74) is 0.633. The normalized spacial score (nSPS) is 14.5. The van der Waals surface area contributed by atoms with Crippen LogP contribution in [0.15, 0.2) is 22.7 Å². The van der Waals surface area contributed by atoms with Crippen LogP contribution < -0.4 is 14.8 Å². The Hall–Kier alpha value is -2.77. The van der Waals surface area contributed by atoms with Gasteiger partial charge in [-0.25, -0.2) is 4.79 Å². The van der Waals surface area contributed by atoms with Gasteiger partial charge in [0.25, 0.3) is 0 Å². The van der Waals surface area contributed by atoms with Crippen molar-refractivity contribution in [3.63, 3.8) is 0 Å². The zero-order chi connectivity index (χ0) is 19.9. The van der Waals surface area contributed by atoms with Crippen molar-refractivity contribution in [2.45, 2.75) is 44.4 Å². The van der Waals surface area contributed by atoms with Gasteiger partial charge in [0.2, 0.25) is 5.89 Å². The molecule has 8 heteroatoms. The summed E-state index contributed by atoms with van der Waals surface area (Å²) in [7, 11) is 4.86. The second-order valence-corrected chi connectivity index (χ2v) is 7.06. The second kappa shape index (κ2) is 9.43. The minimum atomic E-state index is -0.219. The summed E-state index contributed by atoms with van der Waals surface area (Å²) >= 11 is 0. The number of carbonyl (C=O) groups excluding carboxylic acids is 1. The quantitative estimate of drug-likeness (QED) is 0.775. The van der Waals surface area contributed by atoms with Gasteiger partial charge in [0, 0.05) is 37.7 Å². The molecular formula is C20H28N4O4. The van der Waals surface area contributed by atoms with Crippen LogP contribution in [-0.2, 0) is 6.42 Å². The van der Waals surface area contributed by atoms with E-state index < -0.39 is 0 Å². The number of ether oxygens (including phenoxy) is 2. The number of amides is 2. The van der Waals surface area contributed by atoms with E-state index >= 15 is 0 Å². The van der Waals surface area contributed by atoms with E-state index in [2.05, 4.69) is 15.5 Å². The van der Waals surface area contributed by atoms with Crippen LogP contribution in [-0.4, -0.2) is 48.9 Å². The van der Waals surface area contributed by atoms with E-state index in [1.54, 1.807) is 44.4 Å². The molecule has 1 aliphatic rings. The number of anilines is 1. The Kier molecular flexibility index (Phi) is 6.73. The lowest BCUT2D eigenvalue weighted by Gasteiger charge is -2.18. The lowest BCUT2D eigenvalue weighted by atomic mass is 9.89. The van der Waals surface area contributed by atoms with Gasteiger partial charge in [-0.15, -0.1) is 0 Å². The molecule has 1 fully saturated rings. The zero-order valence-electron chi connectivity index (χ0n) is 16.7. The molecule has 1 aliphatic carbocycles. The smallest absolute Gasteiger partial charge is 0.321 e. The monoisotopic (exact) mass is 388 g/mol. The number of hydrogen-bond acceptors (Lipinski definition) is 6. The van der Waals surface area contributed by atoms with E-state index in [0.717, 1.165) is 18.7 Å². The Bertz CT molecular complexity index is 786. The van der Waals surface area contributed by atoms with Crippen LogP contribution >= 0.6 is 0 Å². The van der Waals surface area contributed by atoms with E-state index in [0.29, 0.717) is 41.9 Å². The van der Waals surface area contributed by atoms with Crippen LogP contribution in [0.2, 0.25) is 0 Å². The predicted molar refractivity (Wildman–Crippen MR) is 105 cm³/mol. The largest absolute Gasteiger partial charge is 0.493 e. The average Bonchev–Trinajstić information content (AvgIpc) is 3.21. The molecule has 1 saturated carbocycles. The fraction of sp³-hybridized carbons (Fsp3) is 0.550. The maximum absolute atomic E-state index is 12.4. The van der Waals surface area contributed by atoms with Gasteiger partial charge in [-0.3, -0.25) is 0 Å². The molecule has 0 atom stereocenters. The van der Waals surface area contributed by atoms with E-state index in [1.165, 1.54) is 19.3 Å². The Morgan fingerprint density at radius 1 is 1.21 bits per heavy atom. The number of aromatic nitrogens is 2. The van der Waals surface area contributed by atoms with E-state index in [9.17, 15) is 4.79 Å². The summed E-state index contributed by atoms with van der Waals surface area (Å²) in [5, 5.41) is 6.92. The first kappa shape index (κ1) is 20.0. The van der Waals surface area contributed by atoms with Crippen LogP contribution in [0.4, 0.5) is 10.5 Å². The van der Waals surface area contributed by atoms with Crippen molar-refractivity contribution >= 4 is 11.7 Å². The molecule has 152 valence electrons. The van der Waals surface area contributed by atoms with Crippen molar-refractivity contribution in [1.82, 2.24) is 15.0 Å². The van der Waals surface area contributed by atoms with Crippen molar-refractivity contribution in [3.05, 3.63) is 29.9 Å². The molecule has 2 amide bonds. The standard InChI is InChI=1S/C20H28N4O4/c1-24(20(25)21-15-9-10-16(26-2)17(13-15)27-3)12-11-18-22-19(28-23-18)14-7-5-4-6-8-14/h9-10,13-14H,4-8,11-12H2,1-3H3,(H,21,25). The third-order valence-corrected chi connectivity index (χ3v) is 5.09. The number of methoxy groups -OCH3 is 2. The molecule has 0 bridgehead atoms. The molecule has 3 rings (SSSR count). The van der Waals surface area contributed by atoms with E-state index in [1.807, 2.05) is 0 Å². The molecule has 0 saturated heterocycles. The van der Waals surface area contributed by atoms with Gasteiger partial charge in [-0.05, 0) is 25.0 Å². The summed E-state index contributed by atoms with van der Waals surface area (Å²) < 4.78 is 15.9. The molecule has 0 spiro atoms. The highest BCUT2D eigenvalue weighted by Crippen LogP contribution is 2.31. The topological polar surface area (TPSA) is 89.7 Å². The first-order chi connectivity index (χ1) is 13.6. The third kappa shape index (κ3) is 4.94. The zero-order valence-corrected chi connectivity index (χ0v) is 16.7. The highest BCUT2D eigenvalue weighted by Gasteiger charge is 2.21. The van der Waals surface area contributed by atoms with E-state index in [-0.39, 0.29) is 6.03 Å². The number of hydrogen-bond donors (Lipinski definition) is 1. The molecule has 0 aliphatic heterocycles. The number of rotatable bonds is 7. The van der Waals surface area contributed by atoms with E-state index in [4.69, 9.17) is 14.0 Å². The first-order valence-electron chi connectivity index (χ1n) is 9.67. The Balaban J connectivity index is 1.51. The van der Waals surface area contributed by atoms with Crippen molar-refractivity contribution in [2.24, 2.45) is 0 Å². The number of urea groups is 1. The lowest BCUT2D eigenvalue weighted by molar-refractivity contribution is 0.222. The lowest BCUT2D eigenvalue weighted by Crippen LogP contribution is -2.33. The average molecular weight is 388 g/mol. The van der Waals surface area contributed by atoms with Crippen molar-refractivity contribution < 1.29 is 18.8 Å². The highest BCUT2D eigenvalue weighted by atomic mass is 16.5. The van der Waals surface area contributed by atoms with Crippen molar-refractivity contribution in [3.8, 4) is 11.5 Å². The number of carbonyl (C=O) groups is 1. The van der Waals surface area contributed by atoms with Crippen LogP contribution in [0.25, 0.3) is 0 Å². The summed E-state index contributed by atoms with van der Waals surface area (Å²) in [6.45, 7) is 0.489. The fourth-order valence-corrected chi connectivity index (χ4v) is 3.39. The molecule has 2 aromatic rings. The van der Waals surface area contributed by atoms with Crippen LogP contribution in [0.3, 0.4) is 0 Å². The summed E-state index contributed by atoms with van der Waals surface area (Å²) in [6.07, 6.45) is 6.52. The van der Waals surface area contributed by atoms with Crippen LogP contribution in [0, 0.1) is 0 Å². The Morgan fingerprint density at radius 2 is 1.96 bits per heavy atom. The van der Waals surface area contributed by atoms with Gasteiger partial charge in [-0.1, -0.05) is 24.4 Å². The predicted octanol–water partition coefficient (Wildman–Crippen LogP) is 3.84. The molecule has 28 heavy (non-hydrogen) atoms. The molecule has 0 radical (unpaired) electrons. The first-order valence-corrected chi connectivity index (χ1v) is 9.67. The van der Waals surface area contributed by atoms with Crippen LogP contribution in [0.1, 0.15) is 49.7 Å². The molecule has 8 nitrogen and oxygen atoms in total. The minimum Gasteiger partial charge on any atom is -0.493 e. The maximum atomic E-state index is 12.4. The molecular weight excluding hydrogens is 360 g/mol. The highest BCUT2D eigenvalue weighted by molar-refractivity contribution is 5.89. The van der Waals surface area contributed by atoms with Crippen LogP contribution in [0.5, 0.6) is 11.5 Å². The molecule has 1 aromatic carbocycles. The van der Waals surface area contributed by atoms with Gasteiger partial charge >= 0.3 is 6.03 Å². The number of nitrogens with one attached hydrogen (secondary N) is 1. The van der Waals surface area contributed by atoms with Crippen molar-refractivity contribution in [2.75, 3.05) is 33.1 Å². The number of nitrogens with zero attached hydrogens (tertiary/aromatic N) is 3. The molecule has 1 N–H and O–H groups in total. The SMILES string of the molecule is COc1ccc(NC(=O)N(C)CCc2noc(C3CCCCC3)n2)cc1OC. The Morgan fingerprint density at radius 3 is 2.68 bits per heavy atom. The fourth-order valence-electron chi connectivity index (χ4n) is 3.39. The second-order valence-electron chi connectivity index (χ2n) is 7.06. The number of likely N-dealkylation sites (N-methyl/N-ethyl adjacent to an activating group) is 1. The summed E-state index contributed by atoms with van der Waals surface area (Å²) in [6, 6.07) is 5.02. The minimum absolute atomic E-state index is 0.219. The Labute approximate surface area is 165 Å². The number of benzene rings is 1. The van der Waals surface area contributed by atoms with Crippen molar-refractivity contribution in [1.29, 1.82) is 0 Å². The molecule has 0 unspecified atom stereocenters. The molecule has 1 heterocycles.